The second-order valence-corrected chi connectivity index (χ2v) is 5.06. The van der Waals surface area contributed by atoms with Gasteiger partial charge in [-0.2, -0.15) is 5.10 Å². The van der Waals surface area contributed by atoms with Gasteiger partial charge < -0.3 is 5.32 Å². The van der Waals surface area contributed by atoms with Crippen molar-refractivity contribution in [2.24, 2.45) is 5.10 Å². The Hall–Kier alpha value is -3.55. The summed E-state index contributed by atoms with van der Waals surface area (Å²) in [5.41, 5.74) is 3.56. The number of hydrogen-bond acceptors (Lipinski definition) is 5. The van der Waals surface area contributed by atoms with Gasteiger partial charge in [0.1, 0.15) is 0 Å². The molecule has 0 saturated heterocycles. The first kappa shape index (κ1) is 17.8. The van der Waals surface area contributed by atoms with Gasteiger partial charge in [0.05, 0.1) is 11.1 Å². The molecule has 0 radical (unpaired) electrons. The summed E-state index contributed by atoms with van der Waals surface area (Å²) in [5.74, 6) is -0.665. The van der Waals surface area contributed by atoms with Crippen LogP contribution in [0, 0.1) is 10.1 Å². The van der Waals surface area contributed by atoms with Crippen LogP contribution in [-0.2, 0) is 9.59 Å². The SMILES string of the molecule is O=C(CCC(=O)Nc1ccccc1)N/N=C\c1ccc([N+](=O)[O-])cc1. The molecule has 8 heteroatoms. The minimum absolute atomic E-state index is 0.00370. The minimum Gasteiger partial charge on any atom is -0.326 e. The lowest BCUT2D eigenvalue weighted by atomic mass is 10.2. The van der Waals surface area contributed by atoms with Crippen LogP contribution in [0.3, 0.4) is 0 Å². The highest BCUT2D eigenvalue weighted by Crippen LogP contribution is 2.10. The van der Waals surface area contributed by atoms with Crippen LogP contribution in [0.1, 0.15) is 18.4 Å². The van der Waals surface area contributed by atoms with E-state index in [0.717, 1.165) is 0 Å². The van der Waals surface area contributed by atoms with Crippen LogP contribution in [-0.4, -0.2) is 23.0 Å². The number of benzene rings is 2. The molecule has 25 heavy (non-hydrogen) atoms. The van der Waals surface area contributed by atoms with Gasteiger partial charge in [0.15, 0.2) is 0 Å². The van der Waals surface area contributed by atoms with E-state index in [1.165, 1.54) is 30.5 Å². The molecule has 2 amide bonds. The van der Waals surface area contributed by atoms with Gasteiger partial charge in [-0.05, 0) is 29.8 Å². The number of anilines is 1. The number of carbonyl (C=O) groups excluding carboxylic acids is 2. The van der Waals surface area contributed by atoms with E-state index in [4.69, 9.17) is 0 Å². The first-order chi connectivity index (χ1) is 12.0. The number of rotatable bonds is 7. The highest BCUT2D eigenvalue weighted by molar-refractivity contribution is 5.93. The summed E-state index contributed by atoms with van der Waals surface area (Å²) < 4.78 is 0. The highest BCUT2D eigenvalue weighted by Gasteiger charge is 2.06. The van der Waals surface area contributed by atoms with Gasteiger partial charge >= 0.3 is 0 Å². The number of hydrazone groups is 1. The van der Waals surface area contributed by atoms with Crippen LogP contribution in [0.5, 0.6) is 0 Å². The molecule has 0 saturated carbocycles. The third-order valence-electron chi connectivity index (χ3n) is 3.14. The van der Waals surface area contributed by atoms with Crippen molar-refractivity contribution in [3.63, 3.8) is 0 Å². The molecular weight excluding hydrogens is 324 g/mol. The lowest BCUT2D eigenvalue weighted by molar-refractivity contribution is -0.384. The topological polar surface area (TPSA) is 114 Å². The number of nitrogens with zero attached hydrogens (tertiary/aromatic N) is 2. The highest BCUT2D eigenvalue weighted by atomic mass is 16.6. The Labute approximate surface area is 143 Å². The zero-order chi connectivity index (χ0) is 18.1. The fourth-order valence-electron chi connectivity index (χ4n) is 1.89. The molecule has 0 heterocycles. The van der Waals surface area contributed by atoms with E-state index >= 15 is 0 Å². The van der Waals surface area contributed by atoms with Crippen molar-refractivity contribution in [3.8, 4) is 0 Å². The van der Waals surface area contributed by atoms with E-state index in [0.29, 0.717) is 11.3 Å². The molecule has 0 atom stereocenters. The summed E-state index contributed by atoms with van der Waals surface area (Å²) in [4.78, 5) is 33.4. The van der Waals surface area contributed by atoms with Gasteiger partial charge in [-0.1, -0.05) is 18.2 Å². The minimum atomic E-state index is -0.497. The van der Waals surface area contributed by atoms with Crippen LogP contribution in [0.25, 0.3) is 0 Å². The predicted molar refractivity (Wildman–Crippen MR) is 93.1 cm³/mol. The number of hydrogen-bond donors (Lipinski definition) is 2. The summed E-state index contributed by atoms with van der Waals surface area (Å²) in [7, 11) is 0. The summed E-state index contributed by atoms with van der Waals surface area (Å²) in [6, 6.07) is 14.7. The summed E-state index contributed by atoms with van der Waals surface area (Å²) in [5, 5.41) is 17.0. The number of nitro groups is 1. The molecule has 2 aromatic carbocycles. The van der Waals surface area contributed by atoms with Crippen molar-refractivity contribution in [3.05, 3.63) is 70.3 Å². The monoisotopic (exact) mass is 340 g/mol. The van der Waals surface area contributed by atoms with E-state index in [-0.39, 0.29) is 24.4 Å². The number of nitro benzene ring substituents is 1. The Kier molecular flexibility index (Phi) is 6.35. The van der Waals surface area contributed by atoms with Crippen LogP contribution in [0.15, 0.2) is 59.7 Å². The number of nitrogens with one attached hydrogen (secondary N) is 2. The molecule has 128 valence electrons. The van der Waals surface area contributed by atoms with Crippen molar-refractivity contribution in [1.29, 1.82) is 0 Å². The van der Waals surface area contributed by atoms with Crippen molar-refractivity contribution in [2.45, 2.75) is 12.8 Å². The Balaban J connectivity index is 1.73. The fraction of sp³-hybridized carbons (Fsp3) is 0.118. The van der Waals surface area contributed by atoms with Gasteiger partial charge in [-0.25, -0.2) is 5.43 Å². The quantitative estimate of drug-likeness (QED) is 0.458. The zero-order valence-electron chi connectivity index (χ0n) is 13.2. The first-order valence-electron chi connectivity index (χ1n) is 7.46. The molecule has 0 unspecified atom stereocenters. The second kappa shape index (κ2) is 8.92. The third-order valence-corrected chi connectivity index (χ3v) is 3.14. The standard InChI is InChI=1S/C17H16N4O4/c22-16(19-14-4-2-1-3-5-14)10-11-17(23)20-18-12-13-6-8-15(9-7-13)21(24)25/h1-9,12H,10-11H2,(H,19,22)(H,20,23)/b18-12-. The second-order valence-electron chi connectivity index (χ2n) is 5.06. The van der Waals surface area contributed by atoms with Gasteiger partial charge in [0.25, 0.3) is 5.69 Å². The van der Waals surface area contributed by atoms with Crippen molar-refractivity contribution in [1.82, 2.24) is 5.43 Å². The predicted octanol–water partition coefficient (Wildman–Crippen LogP) is 2.46. The Bertz CT molecular complexity index is 773. The Morgan fingerprint density at radius 2 is 1.64 bits per heavy atom. The van der Waals surface area contributed by atoms with Crippen molar-refractivity contribution in [2.75, 3.05) is 5.32 Å². The molecule has 0 aliphatic heterocycles. The number of para-hydroxylation sites is 1. The van der Waals surface area contributed by atoms with Gasteiger partial charge in [0.2, 0.25) is 11.8 Å². The number of amides is 2. The molecule has 0 spiro atoms. The molecule has 8 nitrogen and oxygen atoms in total. The molecule has 0 bridgehead atoms. The maximum absolute atomic E-state index is 11.7. The van der Waals surface area contributed by atoms with E-state index in [2.05, 4.69) is 15.8 Å². The van der Waals surface area contributed by atoms with Crippen molar-refractivity contribution < 1.29 is 14.5 Å². The van der Waals surface area contributed by atoms with Crippen LogP contribution in [0.4, 0.5) is 11.4 Å². The summed E-state index contributed by atoms with van der Waals surface area (Å²) >= 11 is 0. The van der Waals surface area contributed by atoms with E-state index < -0.39 is 10.8 Å². The van der Waals surface area contributed by atoms with Crippen molar-refractivity contribution >= 4 is 29.4 Å². The summed E-state index contributed by atoms with van der Waals surface area (Å²) in [6.07, 6.45) is 1.40. The fourth-order valence-corrected chi connectivity index (χ4v) is 1.89. The van der Waals surface area contributed by atoms with E-state index in [1.54, 1.807) is 24.3 Å². The maximum atomic E-state index is 11.7. The molecule has 2 N–H and O–H groups in total. The van der Waals surface area contributed by atoms with Gasteiger partial charge in [-0.3, -0.25) is 19.7 Å². The van der Waals surface area contributed by atoms with Crippen LogP contribution in [0.2, 0.25) is 0 Å². The first-order valence-corrected chi connectivity index (χ1v) is 7.46. The normalized spacial score (nSPS) is 10.4. The van der Waals surface area contributed by atoms with Gasteiger partial charge in [-0.15, -0.1) is 0 Å². The molecule has 0 fully saturated rings. The number of carbonyl (C=O) groups is 2. The lowest BCUT2D eigenvalue weighted by Gasteiger charge is -2.04. The number of non-ortho nitro benzene ring substituents is 1. The molecule has 0 aliphatic carbocycles. The van der Waals surface area contributed by atoms with Crippen LogP contribution < -0.4 is 10.7 Å². The van der Waals surface area contributed by atoms with E-state index in [1.807, 2.05) is 6.07 Å². The average Bonchev–Trinajstić information content (AvgIpc) is 2.61. The maximum Gasteiger partial charge on any atom is 0.269 e. The Morgan fingerprint density at radius 1 is 1.00 bits per heavy atom. The van der Waals surface area contributed by atoms with Crippen LogP contribution >= 0.6 is 0 Å². The molecular formula is C17H16N4O4. The largest absolute Gasteiger partial charge is 0.326 e. The Morgan fingerprint density at radius 3 is 2.28 bits per heavy atom. The summed E-state index contributed by atoms with van der Waals surface area (Å²) in [6.45, 7) is 0. The average molecular weight is 340 g/mol. The zero-order valence-corrected chi connectivity index (χ0v) is 13.2. The molecule has 0 aromatic heterocycles. The molecule has 2 aromatic rings. The van der Waals surface area contributed by atoms with E-state index in [9.17, 15) is 19.7 Å². The lowest BCUT2D eigenvalue weighted by Crippen LogP contribution is -2.20. The third kappa shape index (κ3) is 6.22. The van der Waals surface area contributed by atoms with Gasteiger partial charge in [0, 0.05) is 30.7 Å². The molecule has 2 rings (SSSR count). The molecule has 0 aliphatic rings. The smallest absolute Gasteiger partial charge is 0.269 e.